The van der Waals surface area contributed by atoms with Gasteiger partial charge in [0, 0.05) is 10.9 Å². The molecule has 2 aromatic rings. The predicted octanol–water partition coefficient (Wildman–Crippen LogP) is 2.52. The third-order valence-electron chi connectivity index (χ3n) is 2.38. The smallest absolute Gasteiger partial charge is 0.212 e. The summed E-state index contributed by atoms with van der Waals surface area (Å²) in [5.41, 5.74) is 7.79. The number of nitrogens with two attached hydrogens (primary N) is 1. The molecule has 0 aliphatic heterocycles. The van der Waals surface area contributed by atoms with Gasteiger partial charge in [-0.25, -0.2) is 4.98 Å². The van der Waals surface area contributed by atoms with Gasteiger partial charge in [-0.3, -0.25) is 4.79 Å². The van der Waals surface area contributed by atoms with Crippen molar-refractivity contribution in [3.8, 4) is 0 Å². The average molecular weight is 232 g/mol. The minimum atomic E-state index is -0.0735. The molecule has 0 spiro atoms. The van der Waals surface area contributed by atoms with Gasteiger partial charge in [-0.1, -0.05) is 31.2 Å². The molecule has 1 aromatic heterocycles. The molecule has 0 amide bonds. The first-order valence-corrected chi connectivity index (χ1v) is 5.93. The Bertz CT molecular complexity index is 502. The van der Waals surface area contributed by atoms with Crippen LogP contribution in [-0.4, -0.2) is 10.8 Å². The quantitative estimate of drug-likeness (QED) is 0.827. The van der Waals surface area contributed by atoms with Crippen LogP contribution in [-0.2, 0) is 6.42 Å². The fourth-order valence-corrected chi connectivity index (χ4v) is 1.97. The fraction of sp³-hybridized carbons (Fsp3) is 0.167. The summed E-state index contributed by atoms with van der Waals surface area (Å²) < 4.78 is 0. The molecule has 16 heavy (non-hydrogen) atoms. The molecule has 0 radical (unpaired) electrons. The van der Waals surface area contributed by atoms with Crippen molar-refractivity contribution in [3.05, 3.63) is 46.5 Å². The number of ketones is 1. The minimum absolute atomic E-state index is 0.0735. The van der Waals surface area contributed by atoms with E-state index in [2.05, 4.69) is 11.9 Å². The topological polar surface area (TPSA) is 56.0 Å². The molecule has 0 fully saturated rings. The molecule has 0 saturated heterocycles. The minimum Gasteiger partial charge on any atom is -0.375 e. The molecular formula is C12H12N2OS. The number of benzene rings is 1. The van der Waals surface area contributed by atoms with Gasteiger partial charge in [0.15, 0.2) is 5.13 Å². The second-order valence-corrected chi connectivity index (χ2v) is 4.34. The zero-order valence-electron chi connectivity index (χ0n) is 8.93. The number of aryl methyl sites for hydroxylation is 1. The van der Waals surface area contributed by atoms with E-state index in [9.17, 15) is 4.79 Å². The van der Waals surface area contributed by atoms with Gasteiger partial charge in [-0.05, 0) is 12.0 Å². The lowest BCUT2D eigenvalue weighted by molar-refractivity contribution is 0.103. The van der Waals surface area contributed by atoms with Crippen molar-refractivity contribution in [2.75, 3.05) is 5.73 Å². The van der Waals surface area contributed by atoms with Crippen molar-refractivity contribution in [2.24, 2.45) is 0 Å². The normalized spacial score (nSPS) is 10.3. The second-order valence-electron chi connectivity index (χ2n) is 3.45. The maximum Gasteiger partial charge on any atom is 0.212 e. The summed E-state index contributed by atoms with van der Waals surface area (Å²) >= 11 is 1.28. The first-order valence-electron chi connectivity index (χ1n) is 5.05. The number of carbonyl (C=O) groups is 1. The lowest BCUT2D eigenvalue weighted by Gasteiger charge is -1.99. The van der Waals surface area contributed by atoms with E-state index in [-0.39, 0.29) is 5.78 Å². The van der Waals surface area contributed by atoms with Crippen LogP contribution in [0.1, 0.15) is 28.5 Å². The molecule has 82 valence electrons. The molecule has 0 unspecified atom stereocenters. The SMILES string of the molecule is CCc1ccc(C(=O)c2csc(N)n2)cc1. The van der Waals surface area contributed by atoms with Crippen molar-refractivity contribution >= 4 is 22.3 Å². The van der Waals surface area contributed by atoms with E-state index in [0.29, 0.717) is 16.4 Å². The monoisotopic (exact) mass is 232 g/mol. The summed E-state index contributed by atoms with van der Waals surface area (Å²) in [6.07, 6.45) is 0.970. The van der Waals surface area contributed by atoms with E-state index in [1.165, 1.54) is 16.9 Å². The van der Waals surface area contributed by atoms with Gasteiger partial charge in [-0.15, -0.1) is 11.3 Å². The van der Waals surface area contributed by atoms with Crippen LogP contribution in [0, 0.1) is 0 Å². The van der Waals surface area contributed by atoms with Gasteiger partial charge < -0.3 is 5.73 Å². The van der Waals surface area contributed by atoms with Crippen molar-refractivity contribution in [1.29, 1.82) is 0 Å². The van der Waals surface area contributed by atoms with Crippen LogP contribution < -0.4 is 5.73 Å². The number of aromatic nitrogens is 1. The average Bonchev–Trinajstić information content (AvgIpc) is 2.75. The number of carbonyl (C=O) groups excluding carboxylic acids is 1. The lowest BCUT2D eigenvalue weighted by atomic mass is 10.1. The van der Waals surface area contributed by atoms with Crippen LogP contribution in [0.2, 0.25) is 0 Å². The Hall–Kier alpha value is -1.68. The molecule has 0 atom stereocenters. The maximum absolute atomic E-state index is 11.9. The highest BCUT2D eigenvalue weighted by Gasteiger charge is 2.11. The number of nitrogen functional groups attached to an aromatic ring is 1. The van der Waals surface area contributed by atoms with Crippen LogP contribution in [0.4, 0.5) is 5.13 Å². The third-order valence-corrected chi connectivity index (χ3v) is 3.05. The second kappa shape index (κ2) is 4.45. The summed E-state index contributed by atoms with van der Waals surface area (Å²) in [5, 5.41) is 2.11. The van der Waals surface area contributed by atoms with Gasteiger partial charge in [0.1, 0.15) is 5.69 Å². The zero-order valence-corrected chi connectivity index (χ0v) is 9.75. The van der Waals surface area contributed by atoms with E-state index in [1.54, 1.807) is 5.38 Å². The lowest BCUT2D eigenvalue weighted by Crippen LogP contribution is -2.02. The van der Waals surface area contributed by atoms with E-state index in [4.69, 9.17) is 5.73 Å². The molecular weight excluding hydrogens is 220 g/mol. The molecule has 2 N–H and O–H groups in total. The maximum atomic E-state index is 11.9. The first-order chi connectivity index (χ1) is 7.70. The zero-order chi connectivity index (χ0) is 11.5. The molecule has 0 aliphatic carbocycles. The van der Waals surface area contributed by atoms with Crippen LogP contribution in [0.5, 0.6) is 0 Å². The number of thiazole rings is 1. The number of hydrogen-bond acceptors (Lipinski definition) is 4. The molecule has 3 nitrogen and oxygen atoms in total. The standard InChI is InChI=1S/C12H12N2OS/c1-2-8-3-5-9(6-4-8)11(15)10-7-16-12(13)14-10/h3-7H,2H2,1H3,(H2,13,14). The van der Waals surface area contributed by atoms with Crippen LogP contribution in [0.3, 0.4) is 0 Å². The number of nitrogens with zero attached hydrogens (tertiary/aromatic N) is 1. The molecule has 0 aliphatic rings. The van der Waals surface area contributed by atoms with Crippen molar-refractivity contribution in [3.63, 3.8) is 0 Å². The molecule has 1 heterocycles. The Morgan fingerprint density at radius 2 is 2.06 bits per heavy atom. The summed E-state index contributed by atoms with van der Waals surface area (Å²) in [5.74, 6) is -0.0735. The van der Waals surface area contributed by atoms with Gasteiger partial charge >= 0.3 is 0 Å². The predicted molar refractivity (Wildman–Crippen MR) is 65.8 cm³/mol. The van der Waals surface area contributed by atoms with E-state index >= 15 is 0 Å². The summed E-state index contributed by atoms with van der Waals surface area (Å²) in [6.45, 7) is 2.08. The molecule has 0 saturated carbocycles. The van der Waals surface area contributed by atoms with Crippen molar-refractivity contribution in [1.82, 2.24) is 4.98 Å². The molecule has 2 rings (SSSR count). The molecule has 4 heteroatoms. The van der Waals surface area contributed by atoms with Gasteiger partial charge in [0.05, 0.1) is 0 Å². The highest BCUT2D eigenvalue weighted by Crippen LogP contribution is 2.15. The Balaban J connectivity index is 2.27. The van der Waals surface area contributed by atoms with Crippen molar-refractivity contribution in [2.45, 2.75) is 13.3 Å². The Kier molecular flexibility index (Phi) is 3.01. The number of hydrogen-bond donors (Lipinski definition) is 1. The summed E-state index contributed by atoms with van der Waals surface area (Å²) in [6, 6.07) is 7.58. The Morgan fingerprint density at radius 3 is 2.56 bits per heavy atom. The van der Waals surface area contributed by atoms with E-state index < -0.39 is 0 Å². The van der Waals surface area contributed by atoms with Crippen LogP contribution >= 0.6 is 11.3 Å². The Labute approximate surface area is 97.9 Å². The van der Waals surface area contributed by atoms with Crippen LogP contribution in [0.25, 0.3) is 0 Å². The molecule has 0 bridgehead atoms. The first kappa shape index (κ1) is 10.8. The third kappa shape index (κ3) is 2.12. The van der Waals surface area contributed by atoms with Crippen molar-refractivity contribution < 1.29 is 4.79 Å². The fourth-order valence-electron chi connectivity index (χ4n) is 1.43. The van der Waals surface area contributed by atoms with E-state index in [0.717, 1.165) is 6.42 Å². The van der Waals surface area contributed by atoms with Gasteiger partial charge in [0.25, 0.3) is 0 Å². The van der Waals surface area contributed by atoms with E-state index in [1.807, 2.05) is 24.3 Å². The summed E-state index contributed by atoms with van der Waals surface area (Å²) in [4.78, 5) is 15.9. The van der Waals surface area contributed by atoms with Crippen LogP contribution in [0.15, 0.2) is 29.6 Å². The number of anilines is 1. The Morgan fingerprint density at radius 1 is 1.38 bits per heavy atom. The summed E-state index contributed by atoms with van der Waals surface area (Å²) in [7, 11) is 0. The molecule has 1 aromatic carbocycles. The largest absolute Gasteiger partial charge is 0.375 e. The number of rotatable bonds is 3. The van der Waals surface area contributed by atoms with Gasteiger partial charge in [0.2, 0.25) is 5.78 Å². The highest BCUT2D eigenvalue weighted by molar-refractivity contribution is 7.13. The highest BCUT2D eigenvalue weighted by atomic mass is 32.1. The van der Waals surface area contributed by atoms with Gasteiger partial charge in [-0.2, -0.15) is 0 Å².